The van der Waals surface area contributed by atoms with Crippen molar-refractivity contribution in [1.82, 2.24) is 15.8 Å². The lowest BCUT2D eigenvalue weighted by molar-refractivity contribution is 0.410. The molecule has 7 heteroatoms. The lowest BCUT2D eigenvalue weighted by Crippen LogP contribution is -2.37. The smallest absolute Gasteiger partial charge is 0.191 e. The molecule has 0 fully saturated rings. The summed E-state index contributed by atoms with van der Waals surface area (Å²) in [5.41, 5.74) is 1.95. The zero-order valence-corrected chi connectivity index (χ0v) is 14.8. The van der Waals surface area contributed by atoms with E-state index in [4.69, 9.17) is 16.1 Å². The highest BCUT2D eigenvalue weighted by Gasteiger charge is 2.02. The van der Waals surface area contributed by atoms with Crippen LogP contribution >= 0.6 is 35.6 Å². The van der Waals surface area contributed by atoms with Gasteiger partial charge in [-0.15, -0.1) is 24.0 Å². The zero-order chi connectivity index (χ0) is 14.2. The molecular weight excluding hydrogens is 403 g/mol. The molecule has 0 aliphatic heterocycles. The second-order valence-corrected chi connectivity index (χ2v) is 4.59. The minimum absolute atomic E-state index is 0. The second-order valence-electron chi connectivity index (χ2n) is 4.18. The molecule has 0 unspecified atom stereocenters. The molecule has 5 nitrogen and oxygen atoms in total. The van der Waals surface area contributed by atoms with Crippen molar-refractivity contribution < 1.29 is 4.52 Å². The van der Waals surface area contributed by atoms with Crippen LogP contribution < -0.4 is 10.6 Å². The van der Waals surface area contributed by atoms with Gasteiger partial charge in [-0.05, 0) is 18.1 Å². The van der Waals surface area contributed by atoms with E-state index in [9.17, 15) is 0 Å². The van der Waals surface area contributed by atoms with E-state index in [1.807, 2.05) is 30.3 Å². The van der Waals surface area contributed by atoms with Crippen LogP contribution in [0.1, 0.15) is 11.3 Å². The lowest BCUT2D eigenvalue weighted by atomic mass is 10.1. The highest BCUT2D eigenvalue weighted by molar-refractivity contribution is 14.0. The third-order valence-electron chi connectivity index (χ3n) is 2.80. The van der Waals surface area contributed by atoms with E-state index < -0.39 is 0 Å². The molecule has 1 aromatic carbocycles. The van der Waals surface area contributed by atoms with E-state index in [-0.39, 0.29) is 24.0 Å². The van der Waals surface area contributed by atoms with Crippen LogP contribution in [0.25, 0.3) is 0 Å². The van der Waals surface area contributed by atoms with Gasteiger partial charge in [0.15, 0.2) is 5.96 Å². The Morgan fingerprint density at radius 1 is 1.29 bits per heavy atom. The Labute approximate surface area is 146 Å². The number of nitrogens with zero attached hydrogens (tertiary/aromatic N) is 2. The van der Waals surface area contributed by atoms with Crippen LogP contribution in [0.15, 0.2) is 46.1 Å². The molecule has 0 atom stereocenters. The number of guanidine groups is 1. The standard InChI is InChI=1S/C14H17ClN4O.HI/c1-16-14(18-10-12-7-9-20-19-12)17-8-6-11-4-2-3-5-13(11)15;/h2-5,7,9H,6,8,10H2,1H3,(H2,16,17,18);1H. The van der Waals surface area contributed by atoms with Gasteiger partial charge in [0.1, 0.15) is 12.0 Å². The van der Waals surface area contributed by atoms with Crippen LogP contribution in [0.5, 0.6) is 0 Å². The second kappa shape index (κ2) is 9.62. The Bertz CT molecular complexity index is 560. The first-order valence-corrected chi connectivity index (χ1v) is 6.74. The number of aliphatic imine (C=N–C) groups is 1. The summed E-state index contributed by atoms with van der Waals surface area (Å²) in [5, 5.41) is 11.0. The maximum atomic E-state index is 6.11. The van der Waals surface area contributed by atoms with Gasteiger partial charge in [-0.25, -0.2) is 0 Å². The fourth-order valence-corrected chi connectivity index (χ4v) is 1.97. The van der Waals surface area contributed by atoms with Crippen molar-refractivity contribution in [3.63, 3.8) is 0 Å². The van der Waals surface area contributed by atoms with Gasteiger partial charge in [0.25, 0.3) is 0 Å². The van der Waals surface area contributed by atoms with Crippen molar-refractivity contribution in [2.75, 3.05) is 13.6 Å². The molecule has 0 saturated heterocycles. The van der Waals surface area contributed by atoms with Crippen molar-refractivity contribution in [3.8, 4) is 0 Å². The highest BCUT2D eigenvalue weighted by Crippen LogP contribution is 2.14. The van der Waals surface area contributed by atoms with Crippen molar-refractivity contribution in [2.24, 2.45) is 4.99 Å². The number of benzene rings is 1. The largest absolute Gasteiger partial charge is 0.364 e. The molecule has 21 heavy (non-hydrogen) atoms. The van der Waals surface area contributed by atoms with Gasteiger partial charge in [-0.3, -0.25) is 4.99 Å². The molecule has 0 saturated carbocycles. The SMILES string of the molecule is CN=C(NCCc1ccccc1Cl)NCc1ccon1.I. The van der Waals surface area contributed by atoms with E-state index in [1.54, 1.807) is 13.3 Å². The summed E-state index contributed by atoms with van der Waals surface area (Å²) in [4.78, 5) is 4.14. The summed E-state index contributed by atoms with van der Waals surface area (Å²) in [6.45, 7) is 1.32. The Morgan fingerprint density at radius 2 is 2.10 bits per heavy atom. The molecule has 114 valence electrons. The molecule has 2 N–H and O–H groups in total. The monoisotopic (exact) mass is 420 g/mol. The molecule has 0 aliphatic carbocycles. The zero-order valence-electron chi connectivity index (χ0n) is 11.7. The van der Waals surface area contributed by atoms with Crippen LogP contribution in [0.2, 0.25) is 5.02 Å². The van der Waals surface area contributed by atoms with Crippen LogP contribution in [-0.4, -0.2) is 24.7 Å². The van der Waals surface area contributed by atoms with Gasteiger partial charge in [0, 0.05) is 24.7 Å². The number of hydrogen-bond acceptors (Lipinski definition) is 3. The quantitative estimate of drug-likeness (QED) is 0.444. The maximum Gasteiger partial charge on any atom is 0.191 e. The van der Waals surface area contributed by atoms with Crippen molar-refractivity contribution in [1.29, 1.82) is 0 Å². The lowest BCUT2D eigenvalue weighted by Gasteiger charge is -2.11. The normalized spacial score (nSPS) is 10.9. The number of rotatable bonds is 5. The van der Waals surface area contributed by atoms with E-state index in [1.165, 1.54) is 0 Å². The number of hydrogen-bond donors (Lipinski definition) is 2. The maximum absolute atomic E-state index is 6.11. The first-order valence-electron chi connectivity index (χ1n) is 6.37. The van der Waals surface area contributed by atoms with E-state index in [2.05, 4.69) is 20.8 Å². The summed E-state index contributed by atoms with van der Waals surface area (Å²) >= 11 is 6.11. The first-order chi connectivity index (χ1) is 9.79. The number of halogens is 2. The first kappa shape index (κ1) is 17.8. The Morgan fingerprint density at radius 3 is 2.76 bits per heavy atom. The van der Waals surface area contributed by atoms with Crippen LogP contribution in [-0.2, 0) is 13.0 Å². The van der Waals surface area contributed by atoms with E-state index in [0.29, 0.717) is 6.54 Å². The van der Waals surface area contributed by atoms with Gasteiger partial charge < -0.3 is 15.2 Å². The molecule has 0 radical (unpaired) electrons. The molecule has 0 amide bonds. The van der Waals surface area contributed by atoms with Gasteiger partial charge >= 0.3 is 0 Å². The minimum Gasteiger partial charge on any atom is -0.364 e. The fraction of sp³-hybridized carbons (Fsp3) is 0.286. The predicted molar refractivity (Wildman–Crippen MR) is 95.3 cm³/mol. The van der Waals surface area contributed by atoms with Crippen molar-refractivity contribution in [2.45, 2.75) is 13.0 Å². The number of nitrogens with one attached hydrogen (secondary N) is 2. The molecule has 2 aromatic rings. The van der Waals surface area contributed by atoms with Gasteiger partial charge in [0.2, 0.25) is 0 Å². The molecule has 1 heterocycles. The van der Waals surface area contributed by atoms with Crippen LogP contribution in [0.4, 0.5) is 0 Å². The fourth-order valence-electron chi connectivity index (χ4n) is 1.74. The third kappa shape index (κ3) is 5.92. The molecule has 0 bridgehead atoms. The van der Waals surface area contributed by atoms with Crippen LogP contribution in [0, 0.1) is 0 Å². The molecular formula is C14H18ClIN4O. The summed E-state index contributed by atoms with van der Waals surface area (Å²) in [5.74, 6) is 0.722. The van der Waals surface area contributed by atoms with Gasteiger partial charge in [0.05, 0.1) is 6.54 Å². The highest BCUT2D eigenvalue weighted by atomic mass is 127. The van der Waals surface area contributed by atoms with E-state index in [0.717, 1.165) is 35.2 Å². The summed E-state index contributed by atoms with van der Waals surface area (Å²) in [6.07, 6.45) is 2.38. The number of aromatic nitrogens is 1. The average Bonchev–Trinajstić information content (AvgIpc) is 2.98. The molecule has 2 rings (SSSR count). The Hall–Kier alpha value is -1.28. The van der Waals surface area contributed by atoms with Gasteiger partial charge in [-0.2, -0.15) is 0 Å². The van der Waals surface area contributed by atoms with Crippen molar-refractivity contribution in [3.05, 3.63) is 52.9 Å². The predicted octanol–water partition coefficient (Wildman–Crippen LogP) is 2.85. The third-order valence-corrected chi connectivity index (χ3v) is 3.17. The minimum atomic E-state index is 0. The summed E-state index contributed by atoms with van der Waals surface area (Å²) in [6, 6.07) is 9.64. The van der Waals surface area contributed by atoms with E-state index >= 15 is 0 Å². The average molecular weight is 421 g/mol. The van der Waals surface area contributed by atoms with Gasteiger partial charge in [-0.1, -0.05) is 35.0 Å². The Kier molecular flexibility index (Phi) is 8.14. The van der Waals surface area contributed by atoms with Crippen LogP contribution in [0.3, 0.4) is 0 Å². The molecule has 0 aliphatic rings. The van der Waals surface area contributed by atoms with Crippen molar-refractivity contribution >= 4 is 41.5 Å². The Balaban J connectivity index is 0.00000220. The molecule has 0 spiro atoms. The summed E-state index contributed by atoms with van der Waals surface area (Å²) < 4.78 is 4.77. The topological polar surface area (TPSA) is 62.5 Å². The molecule has 1 aromatic heterocycles. The summed E-state index contributed by atoms with van der Waals surface area (Å²) in [7, 11) is 1.73.